The average molecular weight is 449 g/mol. The summed E-state index contributed by atoms with van der Waals surface area (Å²) in [5, 5.41) is 3.29. The van der Waals surface area contributed by atoms with E-state index in [4.69, 9.17) is 11.6 Å². The number of hydrogen-bond acceptors (Lipinski definition) is 2. The summed E-state index contributed by atoms with van der Waals surface area (Å²) in [6.45, 7) is 2.19. The first-order valence-electron chi connectivity index (χ1n) is 10.9. The van der Waals surface area contributed by atoms with Crippen LogP contribution in [0.25, 0.3) is 0 Å². The number of likely N-dealkylation sites (N-methyl/N-ethyl adjacent to an activating group) is 1. The first-order chi connectivity index (χ1) is 15.5. The summed E-state index contributed by atoms with van der Waals surface area (Å²) in [5.74, 6) is -0.372. The van der Waals surface area contributed by atoms with Crippen LogP contribution < -0.4 is 5.32 Å². The highest BCUT2D eigenvalue weighted by Crippen LogP contribution is 2.30. The van der Waals surface area contributed by atoms with Crippen molar-refractivity contribution in [3.8, 4) is 0 Å². The van der Waals surface area contributed by atoms with Gasteiger partial charge in [-0.3, -0.25) is 9.59 Å². The molecule has 3 aromatic rings. The van der Waals surface area contributed by atoms with Crippen LogP contribution in [0.4, 0.5) is 0 Å². The second kappa shape index (κ2) is 11.5. The maximum Gasteiger partial charge on any atom is 0.242 e. The van der Waals surface area contributed by atoms with Gasteiger partial charge in [0.05, 0.1) is 0 Å². The molecule has 0 aliphatic rings. The lowest BCUT2D eigenvalue weighted by Crippen LogP contribution is -2.48. The molecule has 0 aliphatic carbocycles. The van der Waals surface area contributed by atoms with E-state index in [1.54, 1.807) is 18.0 Å². The van der Waals surface area contributed by atoms with Gasteiger partial charge in [-0.1, -0.05) is 97.4 Å². The van der Waals surface area contributed by atoms with E-state index in [1.807, 2.05) is 85.8 Å². The van der Waals surface area contributed by atoms with Crippen LogP contribution in [0.1, 0.15) is 42.4 Å². The summed E-state index contributed by atoms with van der Waals surface area (Å²) in [4.78, 5) is 28.1. The van der Waals surface area contributed by atoms with Crippen LogP contribution in [0.3, 0.4) is 0 Å². The van der Waals surface area contributed by atoms with Crippen LogP contribution in [0.15, 0.2) is 84.9 Å². The van der Waals surface area contributed by atoms with Gasteiger partial charge in [0.15, 0.2) is 0 Å². The minimum absolute atomic E-state index is 0.0851. The molecule has 3 aromatic carbocycles. The van der Waals surface area contributed by atoms with E-state index in [0.29, 0.717) is 11.4 Å². The van der Waals surface area contributed by atoms with Crippen LogP contribution in [0, 0.1) is 0 Å². The van der Waals surface area contributed by atoms with E-state index < -0.39 is 6.04 Å². The van der Waals surface area contributed by atoms with Crippen LogP contribution in [-0.2, 0) is 16.1 Å². The van der Waals surface area contributed by atoms with Crippen molar-refractivity contribution in [2.75, 3.05) is 7.05 Å². The molecule has 3 rings (SSSR count). The molecular weight excluding hydrogens is 420 g/mol. The molecule has 4 nitrogen and oxygen atoms in total. The quantitative estimate of drug-likeness (QED) is 0.475. The van der Waals surface area contributed by atoms with Crippen LogP contribution in [0.2, 0.25) is 5.02 Å². The van der Waals surface area contributed by atoms with Gasteiger partial charge in [-0.2, -0.15) is 0 Å². The SMILES string of the molecule is CC[C@H](C(=O)NC)N(Cc1ccccc1Cl)C(=O)CC(c1ccccc1)c1ccccc1. The van der Waals surface area contributed by atoms with E-state index in [0.717, 1.165) is 16.7 Å². The van der Waals surface area contributed by atoms with Gasteiger partial charge in [-0.05, 0) is 29.2 Å². The molecule has 5 heteroatoms. The van der Waals surface area contributed by atoms with Crippen LogP contribution in [0.5, 0.6) is 0 Å². The largest absolute Gasteiger partial charge is 0.357 e. The Morgan fingerprint density at radius 1 is 0.875 bits per heavy atom. The molecule has 0 aromatic heterocycles. The highest BCUT2D eigenvalue weighted by molar-refractivity contribution is 6.31. The van der Waals surface area contributed by atoms with Gasteiger partial charge in [-0.15, -0.1) is 0 Å². The maximum absolute atomic E-state index is 13.7. The zero-order valence-electron chi connectivity index (χ0n) is 18.5. The lowest BCUT2D eigenvalue weighted by atomic mass is 9.88. The Hall–Kier alpha value is -3.11. The van der Waals surface area contributed by atoms with Crippen molar-refractivity contribution in [1.82, 2.24) is 10.2 Å². The molecule has 0 heterocycles. The van der Waals surface area contributed by atoms with Gasteiger partial charge in [0.25, 0.3) is 0 Å². The van der Waals surface area contributed by atoms with Crippen molar-refractivity contribution in [3.05, 3.63) is 107 Å². The predicted molar refractivity (Wildman–Crippen MR) is 129 cm³/mol. The van der Waals surface area contributed by atoms with Crippen molar-refractivity contribution in [3.63, 3.8) is 0 Å². The summed E-state index contributed by atoms with van der Waals surface area (Å²) in [7, 11) is 1.60. The Morgan fingerprint density at radius 2 is 1.41 bits per heavy atom. The molecule has 166 valence electrons. The molecule has 0 saturated heterocycles. The van der Waals surface area contributed by atoms with Crippen molar-refractivity contribution >= 4 is 23.4 Å². The van der Waals surface area contributed by atoms with Crippen LogP contribution in [-0.4, -0.2) is 29.8 Å². The summed E-state index contributed by atoms with van der Waals surface area (Å²) < 4.78 is 0. The Balaban J connectivity index is 1.96. The topological polar surface area (TPSA) is 49.4 Å². The van der Waals surface area contributed by atoms with Gasteiger partial charge in [0.2, 0.25) is 11.8 Å². The lowest BCUT2D eigenvalue weighted by Gasteiger charge is -2.32. The Morgan fingerprint density at radius 3 is 1.91 bits per heavy atom. The number of carbonyl (C=O) groups is 2. The monoisotopic (exact) mass is 448 g/mol. The molecule has 1 N–H and O–H groups in total. The van der Waals surface area contributed by atoms with Gasteiger partial charge >= 0.3 is 0 Å². The molecule has 0 saturated carbocycles. The smallest absolute Gasteiger partial charge is 0.242 e. The average Bonchev–Trinajstić information content (AvgIpc) is 2.84. The number of nitrogens with zero attached hydrogens (tertiary/aromatic N) is 1. The minimum Gasteiger partial charge on any atom is -0.357 e. The molecule has 2 amide bonds. The molecule has 1 atom stereocenters. The van der Waals surface area contributed by atoms with Gasteiger partial charge < -0.3 is 10.2 Å². The van der Waals surface area contributed by atoms with E-state index >= 15 is 0 Å². The highest BCUT2D eigenvalue weighted by Gasteiger charge is 2.30. The number of benzene rings is 3. The molecule has 0 unspecified atom stereocenters. The van der Waals surface area contributed by atoms with E-state index in [1.165, 1.54) is 0 Å². The Labute approximate surface area is 195 Å². The third-order valence-corrected chi connectivity index (χ3v) is 6.08. The summed E-state index contributed by atoms with van der Waals surface area (Å²) >= 11 is 6.39. The molecule has 0 bridgehead atoms. The molecule has 0 fully saturated rings. The number of halogens is 1. The molecule has 0 radical (unpaired) electrons. The summed E-state index contributed by atoms with van der Waals surface area (Å²) in [6.07, 6.45) is 0.767. The second-order valence-corrected chi connectivity index (χ2v) is 8.14. The molecule has 0 aliphatic heterocycles. The van der Waals surface area contributed by atoms with E-state index in [2.05, 4.69) is 5.32 Å². The number of hydrogen-bond donors (Lipinski definition) is 1. The second-order valence-electron chi connectivity index (χ2n) is 7.73. The van der Waals surface area contributed by atoms with Crippen molar-refractivity contribution in [1.29, 1.82) is 0 Å². The lowest BCUT2D eigenvalue weighted by molar-refractivity contribution is -0.141. The van der Waals surface area contributed by atoms with Crippen molar-refractivity contribution in [2.45, 2.75) is 38.3 Å². The molecule has 0 spiro atoms. The first-order valence-corrected chi connectivity index (χ1v) is 11.3. The maximum atomic E-state index is 13.7. The fraction of sp³-hybridized carbons (Fsp3) is 0.259. The summed E-state index contributed by atoms with van der Waals surface area (Å²) in [6, 6.07) is 26.9. The fourth-order valence-electron chi connectivity index (χ4n) is 3.99. The number of carbonyl (C=O) groups excluding carboxylic acids is 2. The van der Waals surface area contributed by atoms with Gasteiger partial charge in [-0.25, -0.2) is 0 Å². The molecular formula is C27H29ClN2O2. The van der Waals surface area contributed by atoms with Crippen molar-refractivity contribution in [2.24, 2.45) is 0 Å². The zero-order valence-corrected chi connectivity index (χ0v) is 19.3. The third kappa shape index (κ3) is 5.77. The van der Waals surface area contributed by atoms with Gasteiger partial charge in [0, 0.05) is 31.0 Å². The number of rotatable bonds is 9. The number of nitrogens with one attached hydrogen (secondary N) is 1. The first kappa shape index (κ1) is 23.6. The Kier molecular flexibility index (Phi) is 8.46. The van der Waals surface area contributed by atoms with Gasteiger partial charge in [0.1, 0.15) is 6.04 Å². The third-order valence-electron chi connectivity index (χ3n) is 5.71. The van der Waals surface area contributed by atoms with Crippen molar-refractivity contribution < 1.29 is 9.59 Å². The highest BCUT2D eigenvalue weighted by atomic mass is 35.5. The fourth-order valence-corrected chi connectivity index (χ4v) is 4.18. The minimum atomic E-state index is -0.573. The predicted octanol–water partition coefficient (Wildman–Crippen LogP) is 5.42. The zero-order chi connectivity index (χ0) is 22.9. The van der Waals surface area contributed by atoms with E-state index in [-0.39, 0.29) is 30.7 Å². The summed E-state index contributed by atoms with van der Waals surface area (Å²) in [5.41, 5.74) is 2.95. The van der Waals surface area contributed by atoms with Crippen LogP contribution >= 0.6 is 11.6 Å². The van der Waals surface area contributed by atoms with E-state index in [9.17, 15) is 9.59 Å². The Bertz CT molecular complexity index is 985. The standard InChI is InChI=1S/C27H29ClN2O2/c1-3-25(27(32)29-2)30(19-22-16-10-11-17-24(22)28)26(31)18-23(20-12-6-4-7-13-20)21-14-8-5-9-15-21/h4-17,23,25H,3,18-19H2,1-2H3,(H,29,32)/t25-/m1/s1. The molecule has 32 heavy (non-hydrogen) atoms. The normalized spacial score (nSPS) is 11.8. The number of amides is 2.